The van der Waals surface area contributed by atoms with Crippen molar-refractivity contribution in [3.63, 3.8) is 0 Å². The molecule has 1 unspecified atom stereocenters. The molecule has 2 aliphatic carbocycles. The molecule has 5 aromatic rings. The van der Waals surface area contributed by atoms with Crippen LogP contribution in [0.15, 0.2) is 42.5 Å². The summed E-state index contributed by atoms with van der Waals surface area (Å²) < 4.78 is 89.2. The van der Waals surface area contributed by atoms with Gasteiger partial charge in [0.1, 0.15) is 34.3 Å². The number of aryl methyl sites for hydroxylation is 1. The first kappa shape index (κ1) is 39.8. The van der Waals surface area contributed by atoms with E-state index in [-0.39, 0.29) is 56.5 Å². The third-order valence-corrected chi connectivity index (χ3v) is 9.79. The first-order valence-corrected chi connectivity index (χ1v) is 18.3. The summed E-state index contributed by atoms with van der Waals surface area (Å²) in [7, 11) is 1.60. The van der Waals surface area contributed by atoms with Crippen LogP contribution in [0, 0.1) is 23.5 Å². The summed E-state index contributed by atoms with van der Waals surface area (Å²) in [4.78, 5) is 31.6. The number of carbonyl (C=O) groups excluding carboxylic acids is 2. The molecule has 0 saturated heterocycles. The molecule has 2 amide bonds. The zero-order valence-electron chi connectivity index (χ0n) is 30.7. The van der Waals surface area contributed by atoms with E-state index >= 15 is 8.78 Å². The number of amides is 2. The van der Waals surface area contributed by atoms with Crippen LogP contribution in [0.5, 0.6) is 0 Å². The smallest absolute Gasteiger partial charge is 0.343 e. The number of hydrogen-bond acceptors (Lipinski definition) is 7. The molecule has 3 heterocycles. The lowest BCUT2D eigenvalue weighted by atomic mass is 9.93. The van der Waals surface area contributed by atoms with Crippen molar-refractivity contribution in [2.45, 2.75) is 76.0 Å². The van der Waals surface area contributed by atoms with Crippen molar-refractivity contribution in [3.05, 3.63) is 93.0 Å². The molecule has 2 aromatic carbocycles. The second-order valence-electron chi connectivity index (χ2n) is 14.5. The standard InChI is InChI=1S/C39H35ClF6N8O3/c1-38(2,57)12-10-23-6-7-24(25-8-9-27(40)30-33(25)53(3)52-36(30)50-29(55)18-47-22-4-5-22)31(48-23)28(16-19-14-20(41)17-21(42)15-19)49-37(56)54-34-26(11-13-39(34,45)46)32(51-54)35(43)44/h6-9,14-15,17,22,28,35,47,57H,4-5,11,13,16,18H2,1-3H3,(H,49,56)(H,50,52,55). The number of nitrogens with zero attached hydrogens (tertiary/aromatic N) is 5. The van der Waals surface area contributed by atoms with Gasteiger partial charge in [-0.15, -0.1) is 0 Å². The number of hydrogen-bond donors (Lipinski definition) is 4. The maximum Gasteiger partial charge on any atom is 0.343 e. The highest BCUT2D eigenvalue weighted by Crippen LogP contribution is 2.45. The maximum atomic E-state index is 15.2. The van der Waals surface area contributed by atoms with Gasteiger partial charge in [0.2, 0.25) is 5.91 Å². The SMILES string of the molecule is Cn1nc(NC(=O)CNC2CC2)c2c(Cl)ccc(-c3ccc(C#CC(C)(C)O)nc3C(Cc3cc(F)cc(F)c3)NC(=O)n3nc(C(F)F)c4c3C(F)(F)CC4)c21. The Morgan fingerprint density at radius 2 is 1.75 bits per heavy atom. The maximum absolute atomic E-state index is 15.2. The van der Waals surface area contributed by atoms with Crippen molar-refractivity contribution >= 4 is 40.3 Å². The lowest BCUT2D eigenvalue weighted by molar-refractivity contribution is -0.115. The Morgan fingerprint density at radius 1 is 1.05 bits per heavy atom. The van der Waals surface area contributed by atoms with Gasteiger partial charge in [-0.05, 0) is 81.3 Å². The summed E-state index contributed by atoms with van der Waals surface area (Å²) in [6.45, 7) is 2.91. The number of rotatable bonds is 10. The quantitative estimate of drug-likeness (QED) is 0.0873. The molecule has 7 rings (SSSR count). The Morgan fingerprint density at radius 3 is 2.42 bits per heavy atom. The molecule has 18 heteroatoms. The summed E-state index contributed by atoms with van der Waals surface area (Å²) in [6.07, 6.45) is -2.98. The van der Waals surface area contributed by atoms with E-state index in [1.54, 1.807) is 25.2 Å². The minimum atomic E-state index is -3.67. The molecule has 11 nitrogen and oxygen atoms in total. The number of anilines is 1. The van der Waals surface area contributed by atoms with Gasteiger partial charge < -0.3 is 21.1 Å². The number of aliphatic hydroxyl groups is 1. The molecule has 1 saturated carbocycles. The fourth-order valence-electron chi connectivity index (χ4n) is 6.84. The van der Waals surface area contributed by atoms with E-state index in [0.29, 0.717) is 22.5 Å². The van der Waals surface area contributed by atoms with Crippen LogP contribution in [0.3, 0.4) is 0 Å². The lowest BCUT2D eigenvalue weighted by Gasteiger charge is -2.23. The number of benzene rings is 2. The zero-order valence-corrected chi connectivity index (χ0v) is 31.4. The van der Waals surface area contributed by atoms with E-state index in [1.807, 2.05) is 0 Å². The Bertz CT molecular complexity index is 2460. The Labute approximate surface area is 326 Å². The molecule has 298 valence electrons. The van der Waals surface area contributed by atoms with Gasteiger partial charge in [0.05, 0.1) is 34.2 Å². The van der Waals surface area contributed by atoms with E-state index in [4.69, 9.17) is 16.6 Å². The molecular weight excluding hydrogens is 778 g/mol. The number of nitrogens with one attached hydrogen (secondary N) is 3. The van der Waals surface area contributed by atoms with Crippen LogP contribution in [0.4, 0.5) is 37.0 Å². The number of halogens is 7. The minimum Gasteiger partial charge on any atom is -0.378 e. The van der Waals surface area contributed by atoms with E-state index in [0.717, 1.165) is 25.0 Å². The zero-order chi connectivity index (χ0) is 41.0. The second kappa shape index (κ2) is 15.1. The van der Waals surface area contributed by atoms with Gasteiger partial charge in [-0.25, -0.2) is 27.3 Å². The van der Waals surface area contributed by atoms with Gasteiger partial charge in [0.15, 0.2) is 5.82 Å². The van der Waals surface area contributed by atoms with Gasteiger partial charge in [0.25, 0.3) is 12.3 Å². The fraction of sp³-hybridized carbons (Fsp3) is 0.359. The average molecular weight is 813 g/mol. The number of pyridine rings is 1. The first-order chi connectivity index (χ1) is 26.9. The van der Waals surface area contributed by atoms with E-state index in [9.17, 15) is 32.3 Å². The van der Waals surface area contributed by atoms with Crippen LogP contribution in [0.25, 0.3) is 22.0 Å². The van der Waals surface area contributed by atoms with Crippen molar-refractivity contribution in [2.75, 3.05) is 11.9 Å². The molecule has 1 fully saturated rings. The van der Waals surface area contributed by atoms with E-state index in [2.05, 4.69) is 38.0 Å². The lowest BCUT2D eigenvalue weighted by Crippen LogP contribution is -2.37. The monoisotopic (exact) mass is 812 g/mol. The van der Waals surface area contributed by atoms with Gasteiger partial charge in [0, 0.05) is 42.3 Å². The Kier molecular flexibility index (Phi) is 10.6. The summed E-state index contributed by atoms with van der Waals surface area (Å²) >= 11 is 6.70. The predicted octanol–water partition coefficient (Wildman–Crippen LogP) is 7.09. The van der Waals surface area contributed by atoms with Crippen molar-refractivity contribution in [1.82, 2.24) is 35.2 Å². The molecular formula is C39H35ClF6N8O3. The number of aromatic nitrogens is 5. The summed E-state index contributed by atoms with van der Waals surface area (Å²) in [6, 6.07) is 6.40. The molecule has 2 aliphatic rings. The number of alkyl halides is 4. The second-order valence-corrected chi connectivity index (χ2v) is 15.0. The Balaban J connectivity index is 1.40. The molecule has 0 aliphatic heterocycles. The molecule has 0 bridgehead atoms. The van der Waals surface area contributed by atoms with Gasteiger partial charge in [-0.2, -0.15) is 23.7 Å². The van der Waals surface area contributed by atoms with Crippen LogP contribution in [0.1, 0.15) is 79.5 Å². The van der Waals surface area contributed by atoms with E-state index in [1.165, 1.54) is 24.6 Å². The molecule has 0 spiro atoms. The fourth-order valence-corrected chi connectivity index (χ4v) is 7.08. The molecule has 4 N–H and O–H groups in total. The van der Waals surface area contributed by atoms with Crippen molar-refractivity contribution in [3.8, 4) is 23.0 Å². The third-order valence-electron chi connectivity index (χ3n) is 9.47. The molecule has 1 atom stereocenters. The van der Waals surface area contributed by atoms with Crippen LogP contribution in [-0.4, -0.2) is 59.8 Å². The predicted molar refractivity (Wildman–Crippen MR) is 198 cm³/mol. The summed E-state index contributed by atoms with van der Waals surface area (Å²) in [5.41, 5.74) is -2.74. The van der Waals surface area contributed by atoms with E-state index < -0.39 is 77.9 Å². The van der Waals surface area contributed by atoms with Crippen LogP contribution < -0.4 is 16.0 Å². The van der Waals surface area contributed by atoms with Gasteiger partial charge in [-0.3, -0.25) is 9.48 Å². The first-order valence-electron chi connectivity index (χ1n) is 17.9. The largest absolute Gasteiger partial charge is 0.378 e. The van der Waals surface area contributed by atoms with Gasteiger partial charge >= 0.3 is 6.03 Å². The summed E-state index contributed by atoms with van der Waals surface area (Å²) in [5, 5.41) is 27.5. The number of carbonyl (C=O) groups is 2. The normalized spacial score (nSPS) is 15.4. The van der Waals surface area contributed by atoms with Crippen molar-refractivity contribution in [1.29, 1.82) is 0 Å². The van der Waals surface area contributed by atoms with Crippen LogP contribution in [-0.2, 0) is 30.6 Å². The highest BCUT2D eigenvalue weighted by Gasteiger charge is 2.47. The number of fused-ring (bicyclic) bond motifs is 2. The molecule has 57 heavy (non-hydrogen) atoms. The van der Waals surface area contributed by atoms with Crippen LogP contribution in [0.2, 0.25) is 5.02 Å². The van der Waals surface area contributed by atoms with Crippen LogP contribution >= 0.6 is 11.6 Å². The third kappa shape index (κ3) is 8.48. The molecule has 0 radical (unpaired) electrons. The topological polar surface area (TPSA) is 139 Å². The Hall–Kier alpha value is -5.44. The van der Waals surface area contributed by atoms with Crippen molar-refractivity contribution < 1.29 is 41.0 Å². The van der Waals surface area contributed by atoms with Crippen molar-refractivity contribution in [2.24, 2.45) is 7.05 Å². The summed E-state index contributed by atoms with van der Waals surface area (Å²) in [5.74, 6) is -0.380. The minimum absolute atomic E-state index is 0.00872. The highest BCUT2D eigenvalue weighted by atomic mass is 35.5. The molecule has 3 aromatic heterocycles. The van der Waals surface area contributed by atoms with Gasteiger partial charge in [-0.1, -0.05) is 23.6 Å². The average Bonchev–Trinajstić information content (AvgIpc) is 3.67. The highest BCUT2D eigenvalue weighted by molar-refractivity contribution is 6.37.